The highest BCUT2D eigenvalue weighted by Gasteiger charge is 2.12. The van der Waals surface area contributed by atoms with E-state index >= 15 is 0 Å². The van der Waals surface area contributed by atoms with Gasteiger partial charge in [-0.15, -0.1) is 0 Å². The second-order valence-electron chi connectivity index (χ2n) is 4.99. The van der Waals surface area contributed by atoms with Gasteiger partial charge in [0.15, 0.2) is 0 Å². The summed E-state index contributed by atoms with van der Waals surface area (Å²) in [5.41, 5.74) is 3.54. The lowest BCUT2D eigenvalue weighted by Gasteiger charge is -2.30. The molecule has 20 heavy (non-hydrogen) atoms. The first kappa shape index (κ1) is 16.3. The maximum atomic E-state index is 5.21. The molecule has 0 aliphatic carbocycles. The highest BCUT2D eigenvalue weighted by molar-refractivity contribution is 5.50. The maximum Gasteiger partial charge on any atom is 0.0713 e. The van der Waals surface area contributed by atoms with Crippen LogP contribution in [0.3, 0.4) is 0 Å². The van der Waals surface area contributed by atoms with E-state index in [4.69, 9.17) is 4.74 Å². The number of benzene rings is 1. The minimum Gasteiger partial charge on any atom is -0.380 e. The fraction of sp³-hybridized carbons (Fsp3) is 0.412. The lowest BCUT2D eigenvalue weighted by Crippen LogP contribution is -2.35. The van der Waals surface area contributed by atoms with Gasteiger partial charge in [-0.05, 0) is 44.7 Å². The Balaban J connectivity index is 2.95. The molecule has 0 spiro atoms. The van der Waals surface area contributed by atoms with Crippen LogP contribution in [0.25, 0.3) is 0 Å². The summed E-state index contributed by atoms with van der Waals surface area (Å²) >= 11 is 0. The zero-order valence-electron chi connectivity index (χ0n) is 13.0. The zero-order chi connectivity index (χ0) is 15.0. The number of nitrogens with zero attached hydrogens (tertiary/aromatic N) is 1. The second kappa shape index (κ2) is 8.43. The number of hydrogen-bond donors (Lipinski definition) is 1. The van der Waals surface area contributed by atoms with Crippen LogP contribution in [0.5, 0.6) is 0 Å². The van der Waals surface area contributed by atoms with Crippen LogP contribution in [0.2, 0.25) is 0 Å². The monoisotopic (exact) mass is 274 g/mol. The van der Waals surface area contributed by atoms with Crippen LogP contribution in [-0.4, -0.2) is 19.7 Å². The number of allylic oxidation sites excluding steroid dienone is 1. The second-order valence-corrected chi connectivity index (χ2v) is 4.99. The first-order chi connectivity index (χ1) is 9.62. The van der Waals surface area contributed by atoms with Gasteiger partial charge < -0.3 is 15.0 Å². The largest absolute Gasteiger partial charge is 0.380 e. The summed E-state index contributed by atoms with van der Waals surface area (Å²) in [7, 11) is 1.72. The third-order valence-corrected chi connectivity index (χ3v) is 3.15. The number of rotatable bonds is 8. The average Bonchev–Trinajstić information content (AvgIpc) is 2.43. The molecule has 0 aliphatic rings. The number of methoxy groups -OCH3 is 1. The van der Waals surface area contributed by atoms with Crippen LogP contribution in [0.4, 0.5) is 5.69 Å². The molecule has 0 saturated carbocycles. The molecule has 0 radical (unpaired) electrons. The van der Waals surface area contributed by atoms with E-state index in [0.717, 1.165) is 12.2 Å². The average molecular weight is 274 g/mol. The van der Waals surface area contributed by atoms with Crippen LogP contribution in [0.1, 0.15) is 26.3 Å². The van der Waals surface area contributed by atoms with Crippen molar-refractivity contribution in [2.75, 3.05) is 18.6 Å². The summed E-state index contributed by atoms with van der Waals surface area (Å²) in [4.78, 5) is 2.35. The summed E-state index contributed by atoms with van der Waals surface area (Å²) in [6.45, 7) is 11.6. The van der Waals surface area contributed by atoms with Gasteiger partial charge in [-0.25, -0.2) is 0 Å². The van der Waals surface area contributed by atoms with Gasteiger partial charge in [-0.2, -0.15) is 0 Å². The van der Waals surface area contributed by atoms with Gasteiger partial charge in [0.1, 0.15) is 0 Å². The Morgan fingerprint density at radius 2 is 2.20 bits per heavy atom. The summed E-state index contributed by atoms with van der Waals surface area (Å²) in [6, 6.07) is 8.90. The quantitative estimate of drug-likeness (QED) is 0.782. The first-order valence-corrected chi connectivity index (χ1v) is 6.99. The van der Waals surface area contributed by atoms with Crippen molar-refractivity contribution in [2.24, 2.45) is 0 Å². The lowest BCUT2D eigenvalue weighted by atomic mass is 10.1. The minimum absolute atomic E-state index is 0.411. The molecule has 0 atom stereocenters. The number of nitrogens with one attached hydrogen (secondary N) is 1. The number of ether oxygens (including phenoxy) is 1. The van der Waals surface area contributed by atoms with E-state index in [1.807, 2.05) is 6.92 Å². The Labute approximate surface area is 122 Å². The topological polar surface area (TPSA) is 24.5 Å². The SMILES string of the molecule is C=CN/C(=C\C)CN(c1cccc(COC)c1)C(C)C. The first-order valence-electron chi connectivity index (χ1n) is 6.99. The third kappa shape index (κ3) is 4.74. The van der Waals surface area contributed by atoms with Crippen molar-refractivity contribution < 1.29 is 4.74 Å². The van der Waals surface area contributed by atoms with Crippen LogP contribution < -0.4 is 10.2 Å². The molecule has 0 bridgehead atoms. The van der Waals surface area contributed by atoms with Crippen LogP contribution in [0, 0.1) is 0 Å². The van der Waals surface area contributed by atoms with E-state index < -0.39 is 0 Å². The maximum absolute atomic E-state index is 5.21. The molecular formula is C17H26N2O. The molecule has 3 heteroatoms. The standard InChI is InChI=1S/C17H26N2O/c1-6-16(18-7-2)12-19(14(3)4)17-10-8-9-15(11-17)13-20-5/h6-11,14,18H,2,12-13H2,1,3-5H3/b16-6-. The van der Waals surface area contributed by atoms with Gasteiger partial charge in [0.2, 0.25) is 0 Å². The molecule has 0 saturated heterocycles. The van der Waals surface area contributed by atoms with E-state index in [-0.39, 0.29) is 0 Å². The van der Waals surface area contributed by atoms with Gasteiger partial charge in [0, 0.05) is 24.5 Å². The van der Waals surface area contributed by atoms with Crippen molar-refractivity contribution in [2.45, 2.75) is 33.4 Å². The molecular weight excluding hydrogens is 248 g/mol. The molecule has 3 nitrogen and oxygen atoms in total. The Hall–Kier alpha value is -1.74. The summed E-state index contributed by atoms with van der Waals surface area (Å²) in [6.07, 6.45) is 3.80. The van der Waals surface area contributed by atoms with Gasteiger partial charge in [-0.3, -0.25) is 0 Å². The van der Waals surface area contributed by atoms with Crippen molar-refractivity contribution in [1.29, 1.82) is 0 Å². The van der Waals surface area contributed by atoms with Gasteiger partial charge in [0.25, 0.3) is 0 Å². The molecule has 110 valence electrons. The molecule has 1 N–H and O–H groups in total. The summed E-state index contributed by atoms with van der Waals surface area (Å²) in [5, 5.41) is 3.19. The van der Waals surface area contributed by atoms with Crippen LogP contribution in [0.15, 0.2) is 48.8 Å². The predicted molar refractivity (Wildman–Crippen MR) is 86.7 cm³/mol. The van der Waals surface area contributed by atoms with E-state index in [9.17, 15) is 0 Å². The molecule has 0 unspecified atom stereocenters. The molecule has 1 aromatic carbocycles. The summed E-state index contributed by atoms with van der Waals surface area (Å²) in [5.74, 6) is 0. The van der Waals surface area contributed by atoms with Gasteiger partial charge >= 0.3 is 0 Å². The fourth-order valence-corrected chi connectivity index (χ4v) is 2.10. The molecule has 0 fully saturated rings. The van der Waals surface area contributed by atoms with Crippen LogP contribution in [-0.2, 0) is 11.3 Å². The normalized spacial score (nSPS) is 11.6. The molecule has 1 rings (SSSR count). The molecule has 0 aromatic heterocycles. The minimum atomic E-state index is 0.411. The molecule has 0 heterocycles. The Kier molecular flexibility index (Phi) is 6.88. The highest BCUT2D eigenvalue weighted by Crippen LogP contribution is 2.20. The molecule has 0 aliphatic heterocycles. The lowest BCUT2D eigenvalue weighted by molar-refractivity contribution is 0.185. The fourth-order valence-electron chi connectivity index (χ4n) is 2.10. The highest BCUT2D eigenvalue weighted by atomic mass is 16.5. The van der Waals surface area contributed by atoms with Crippen LogP contribution >= 0.6 is 0 Å². The van der Waals surface area contributed by atoms with Crippen molar-refractivity contribution in [1.82, 2.24) is 5.32 Å². The van der Waals surface area contributed by atoms with E-state index in [1.54, 1.807) is 13.3 Å². The Morgan fingerprint density at radius 3 is 2.75 bits per heavy atom. The van der Waals surface area contributed by atoms with E-state index in [1.165, 1.54) is 11.3 Å². The van der Waals surface area contributed by atoms with Crippen molar-refractivity contribution in [3.8, 4) is 0 Å². The smallest absolute Gasteiger partial charge is 0.0713 e. The number of hydrogen-bond acceptors (Lipinski definition) is 3. The summed E-state index contributed by atoms with van der Waals surface area (Å²) < 4.78 is 5.21. The van der Waals surface area contributed by atoms with Gasteiger partial charge in [-0.1, -0.05) is 24.8 Å². The van der Waals surface area contributed by atoms with Gasteiger partial charge in [0.05, 0.1) is 13.2 Å². The van der Waals surface area contributed by atoms with Crippen molar-refractivity contribution in [3.05, 3.63) is 54.4 Å². The van der Waals surface area contributed by atoms with E-state index in [0.29, 0.717) is 12.6 Å². The Morgan fingerprint density at radius 1 is 1.45 bits per heavy atom. The van der Waals surface area contributed by atoms with Crippen molar-refractivity contribution in [3.63, 3.8) is 0 Å². The molecule has 1 aromatic rings. The molecule has 0 amide bonds. The number of anilines is 1. The Bertz CT molecular complexity index is 452. The zero-order valence-corrected chi connectivity index (χ0v) is 13.0. The van der Waals surface area contributed by atoms with E-state index in [2.05, 4.69) is 61.0 Å². The third-order valence-electron chi connectivity index (χ3n) is 3.15. The van der Waals surface area contributed by atoms with Crippen molar-refractivity contribution >= 4 is 5.69 Å². The predicted octanol–water partition coefficient (Wildman–Crippen LogP) is 3.68.